The molecule has 112 valence electrons. The number of benzene rings is 1. The average molecular weight is 284 g/mol. The van der Waals surface area contributed by atoms with E-state index in [-0.39, 0.29) is 12.0 Å². The second-order valence-corrected chi connectivity index (χ2v) is 7.04. The summed E-state index contributed by atoms with van der Waals surface area (Å²) in [7, 11) is 1.97. The minimum atomic E-state index is 0.214. The molecule has 1 aromatic rings. The molecule has 3 nitrogen and oxygen atoms in total. The zero-order valence-electron chi connectivity index (χ0n) is 12.7. The number of hydrogen-bond donors (Lipinski definition) is 1. The molecule has 3 aliphatic carbocycles. The van der Waals surface area contributed by atoms with Crippen molar-refractivity contribution in [2.75, 3.05) is 13.6 Å². The molecule has 4 atom stereocenters. The number of likely N-dealkylation sites (N-methyl/N-ethyl adjacent to an activating group) is 1. The Morgan fingerprint density at radius 3 is 2.81 bits per heavy atom. The van der Waals surface area contributed by atoms with Gasteiger partial charge in [-0.3, -0.25) is 4.79 Å². The van der Waals surface area contributed by atoms with Crippen LogP contribution in [-0.2, 0) is 11.2 Å². The summed E-state index contributed by atoms with van der Waals surface area (Å²) in [4.78, 5) is 14.9. The van der Waals surface area contributed by atoms with Crippen molar-refractivity contribution in [3.8, 4) is 0 Å². The third kappa shape index (κ3) is 2.10. The van der Waals surface area contributed by atoms with Crippen LogP contribution in [0.5, 0.6) is 0 Å². The standard InChI is InChI=1S/C18H24N2O/c1-20(15(10-19)12-6-7-12)18(21)17-14-9-8-11-4-2-3-5-13(11)16(14)17/h2-5,12,14-17H,6-10,19H2,1H3. The molecular weight excluding hydrogens is 260 g/mol. The van der Waals surface area contributed by atoms with Gasteiger partial charge in [0.25, 0.3) is 0 Å². The lowest BCUT2D eigenvalue weighted by molar-refractivity contribution is -0.134. The minimum absolute atomic E-state index is 0.214. The fraction of sp³-hybridized carbons (Fsp3) is 0.611. The normalized spacial score (nSPS) is 31.0. The molecule has 1 aromatic carbocycles. The minimum Gasteiger partial charge on any atom is -0.341 e. The number of nitrogens with zero attached hydrogens (tertiary/aromatic N) is 1. The van der Waals surface area contributed by atoms with E-state index in [1.165, 1.54) is 30.4 Å². The zero-order valence-corrected chi connectivity index (χ0v) is 12.7. The summed E-state index contributed by atoms with van der Waals surface area (Å²) in [6.07, 6.45) is 4.77. The summed E-state index contributed by atoms with van der Waals surface area (Å²) in [6, 6.07) is 8.93. The summed E-state index contributed by atoms with van der Waals surface area (Å²) >= 11 is 0. The highest BCUT2D eigenvalue weighted by molar-refractivity contribution is 5.84. The van der Waals surface area contributed by atoms with Gasteiger partial charge in [-0.05, 0) is 54.6 Å². The van der Waals surface area contributed by atoms with Gasteiger partial charge in [-0.2, -0.15) is 0 Å². The molecular formula is C18H24N2O. The average Bonchev–Trinajstić information content (AvgIpc) is 3.40. The van der Waals surface area contributed by atoms with Crippen molar-refractivity contribution in [1.29, 1.82) is 0 Å². The number of hydrogen-bond acceptors (Lipinski definition) is 2. The van der Waals surface area contributed by atoms with Gasteiger partial charge in [0, 0.05) is 25.6 Å². The molecule has 0 aliphatic heterocycles. The number of amides is 1. The van der Waals surface area contributed by atoms with Crippen LogP contribution in [-0.4, -0.2) is 30.4 Å². The maximum Gasteiger partial charge on any atom is 0.226 e. The van der Waals surface area contributed by atoms with E-state index in [0.717, 1.165) is 6.42 Å². The van der Waals surface area contributed by atoms with Crippen LogP contribution in [0.1, 0.15) is 36.3 Å². The molecule has 1 amide bonds. The van der Waals surface area contributed by atoms with Crippen molar-refractivity contribution in [3.05, 3.63) is 35.4 Å². The second kappa shape index (κ2) is 4.84. The van der Waals surface area contributed by atoms with E-state index in [9.17, 15) is 4.79 Å². The quantitative estimate of drug-likeness (QED) is 0.921. The van der Waals surface area contributed by atoms with Crippen LogP contribution in [0.4, 0.5) is 0 Å². The monoisotopic (exact) mass is 284 g/mol. The Hall–Kier alpha value is -1.35. The Morgan fingerprint density at radius 2 is 2.10 bits per heavy atom. The van der Waals surface area contributed by atoms with Crippen molar-refractivity contribution < 1.29 is 4.79 Å². The Bertz CT molecular complexity index is 566. The van der Waals surface area contributed by atoms with E-state index < -0.39 is 0 Å². The van der Waals surface area contributed by atoms with Gasteiger partial charge in [0.2, 0.25) is 5.91 Å². The third-order valence-corrected chi connectivity index (χ3v) is 5.87. The second-order valence-electron chi connectivity index (χ2n) is 7.04. The van der Waals surface area contributed by atoms with E-state index in [0.29, 0.717) is 30.2 Å². The van der Waals surface area contributed by atoms with Crippen LogP contribution in [0.2, 0.25) is 0 Å². The summed E-state index contributed by atoms with van der Waals surface area (Å²) < 4.78 is 0. The number of fused-ring (bicyclic) bond motifs is 3. The molecule has 0 saturated heterocycles. The maximum absolute atomic E-state index is 12.9. The topological polar surface area (TPSA) is 46.3 Å². The fourth-order valence-corrected chi connectivity index (χ4v) is 4.45. The van der Waals surface area contributed by atoms with Gasteiger partial charge in [0.1, 0.15) is 0 Å². The summed E-state index contributed by atoms with van der Waals surface area (Å²) in [6.45, 7) is 0.603. The van der Waals surface area contributed by atoms with E-state index in [2.05, 4.69) is 24.3 Å². The summed E-state index contributed by atoms with van der Waals surface area (Å²) in [5.41, 5.74) is 8.78. The number of rotatable bonds is 4. The lowest BCUT2D eigenvalue weighted by Crippen LogP contribution is -2.44. The maximum atomic E-state index is 12.9. The van der Waals surface area contributed by atoms with Gasteiger partial charge in [-0.25, -0.2) is 0 Å². The van der Waals surface area contributed by atoms with Crippen LogP contribution >= 0.6 is 0 Å². The first-order valence-corrected chi connectivity index (χ1v) is 8.27. The van der Waals surface area contributed by atoms with E-state index in [1.54, 1.807) is 0 Å². The van der Waals surface area contributed by atoms with Gasteiger partial charge in [-0.1, -0.05) is 24.3 Å². The van der Waals surface area contributed by atoms with Crippen LogP contribution in [0.15, 0.2) is 24.3 Å². The predicted molar refractivity (Wildman–Crippen MR) is 82.8 cm³/mol. The molecule has 2 fully saturated rings. The fourth-order valence-electron chi connectivity index (χ4n) is 4.45. The highest BCUT2D eigenvalue weighted by atomic mass is 16.2. The molecule has 0 radical (unpaired) electrons. The van der Waals surface area contributed by atoms with Gasteiger partial charge < -0.3 is 10.6 Å². The zero-order chi connectivity index (χ0) is 14.6. The van der Waals surface area contributed by atoms with Gasteiger partial charge in [0.15, 0.2) is 0 Å². The summed E-state index contributed by atoms with van der Waals surface area (Å²) in [5.74, 6) is 2.25. The highest BCUT2D eigenvalue weighted by Crippen LogP contribution is 2.60. The number of nitrogens with two attached hydrogens (primary N) is 1. The molecule has 0 heterocycles. The highest BCUT2D eigenvalue weighted by Gasteiger charge is 2.58. The van der Waals surface area contributed by atoms with Crippen molar-refractivity contribution >= 4 is 5.91 Å². The summed E-state index contributed by atoms with van der Waals surface area (Å²) in [5, 5.41) is 0. The Balaban J connectivity index is 1.52. The first-order valence-electron chi connectivity index (χ1n) is 8.27. The molecule has 0 aromatic heterocycles. The predicted octanol–water partition coefficient (Wildman–Crippen LogP) is 2.16. The molecule has 3 heteroatoms. The molecule has 4 unspecified atom stereocenters. The molecule has 0 bridgehead atoms. The lowest BCUT2D eigenvalue weighted by atomic mass is 9.92. The SMILES string of the molecule is CN(C(=O)C1C2CCc3ccccc3C21)C(CN)C1CC1. The van der Waals surface area contributed by atoms with E-state index in [4.69, 9.17) is 5.73 Å². The third-order valence-electron chi connectivity index (χ3n) is 5.87. The van der Waals surface area contributed by atoms with Gasteiger partial charge >= 0.3 is 0 Å². The number of aryl methyl sites for hydroxylation is 1. The molecule has 4 rings (SSSR count). The smallest absolute Gasteiger partial charge is 0.226 e. The largest absolute Gasteiger partial charge is 0.341 e. The molecule has 3 aliphatic rings. The van der Waals surface area contributed by atoms with Gasteiger partial charge in [0.05, 0.1) is 0 Å². The number of carbonyl (C=O) groups is 1. The Morgan fingerprint density at radius 1 is 1.33 bits per heavy atom. The Labute approximate surface area is 126 Å². The van der Waals surface area contributed by atoms with E-state index in [1.807, 2.05) is 11.9 Å². The first-order chi connectivity index (χ1) is 10.2. The van der Waals surface area contributed by atoms with E-state index >= 15 is 0 Å². The van der Waals surface area contributed by atoms with Crippen molar-refractivity contribution in [1.82, 2.24) is 4.90 Å². The van der Waals surface area contributed by atoms with Crippen molar-refractivity contribution in [2.45, 2.75) is 37.6 Å². The van der Waals surface area contributed by atoms with Crippen molar-refractivity contribution in [3.63, 3.8) is 0 Å². The van der Waals surface area contributed by atoms with Crippen LogP contribution in [0, 0.1) is 17.8 Å². The molecule has 21 heavy (non-hydrogen) atoms. The lowest BCUT2D eigenvalue weighted by Gasteiger charge is -2.27. The van der Waals surface area contributed by atoms with Crippen LogP contribution in [0.25, 0.3) is 0 Å². The van der Waals surface area contributed by atoms with Crippen molar-refractivity contribution in [2.24, 2.45) is 23.5 Å². The number of carbonyl (C=O) groups excluding carboxylic acids is 1. The molecule has 0 spiro atoms. The van der Waals surface area contributed by atoms with Crippen LogP contribution in [0.3, 0.4) is 0 Å². The molecule has 2 saturated carbocycles. The Kier molecular flexibility index (Phi) is 3.07. The van der Waals surface area contributed by atoms with Gasteiger partial charge in [-0.15, -0.1) is 0 Å². The first kappa shape index (κ1) is 13.3. The van der Waals surface area contributed by atoms with Crippen LogP contribution < -0.4 is 5.73 Å². The molecule has 2 N–H and O–H groups in total.